The number of rotatable bonds is 15. The summed E-state index contributed by atoms with van der Waals surface area (Å²) in [6, 6.07) is 13.9. The van der Waals surface area contributed by atoms with E-state index in [4.69, 9.17) is 18.6 Å². The Morgan fingerprint density at radius 3 is 2.23 bits per heavy atom. The fraction of sp³-hybridized carbons (Fsp3) is 0.533. The molecule has 0 aliphatic carbocycles. The monoisotopic (exact) mass is 752 g/mol. The Morgan fingerprint density at radius 2 is 1.61 bits per heavy atom. The van der Waals surface area contributed by atoms with Gasteiger partial charge in [-0.25, -0.2) is 4.98 Å². The molecule has 2 aromatic heterocycles. The summed E-state index contributed by atoms with van der Waals surface area (Å²) in [5.41, 5.74) is 1.42. The second kappa shape index (κ2) is 15.8. The van der Waals surface area contributed by atoms with E-state index in [1.807, 2.05) is 36.4 Å². The normalized spacial score (nSPS) is 14.1. The predicted molar refractivity (Wildman–Crippen MR) is 188 cm³/mol. The van der Waals surface area contributed by atoms with Crippen molar-refractivity contribution < 1.29 is 23.4 Å². The number of nitrogens with zero attached hydrogens (tertiary/aromatic N) is 6. The molecular formula is C30H45IN6O5Si2. The molecule has 1 fully saturated rings. The average molecular weight is 753 g/mol. The van der Waals surface area contributed by atoms with Crippen LogP contribution in [0, 0.1) is 3.57 Å². The van der Waals surface area contributed by atoms with Crippen molar-refractivity contribution in [3.8, 4) is 0 Å². The first kappa shape index (κ1) is 34.5. The van der Waals surface area contributed by atoms with Crippen LogP contribution in [0.1, 0.15) is 10.7 Å². The van der Waals surface area contributed by atoms with E-state index in [2.05, 4.69) is 82.0 Å². The minimum absolute atomic E-state index is 0.0417. The zero-order valence-electron chi connectivity index (χ0n) is 26.7. The zero-order valence-corrected chi connectivity index (χ0v) is 30.9. The standard InChI is InChI=1S/C30H45IN6O5Si2/c1-43(2,3)18-16-40-22-36(26-10-11-27(32-21-26)35-12-14-39-15-13-35)29(38)28-33-34-30(42-28)37(23-41-17-19-44(4,5)6)25-9-7-8-24(31)20-25/h7-11,20-21H,12-19,22-23H2,1-6H3. The molecule has 0 radical (unpaired) electrons. The van der Waals surface area contributed by atoms with Crippen molar-refractivity contribution in [3.05, 3.63) is 52.1 Å². The molecule has 0 saturated carbocycles. The second-order valence-corrected chi connectivity index (χ2v) is 25.7. The molecule has 4 rings (SSSR count). The van der Waals surface area contributed by atoms with Gasteiger partial charge in [0.1, 0.15) is 19.3 Å². The number of morpholine rings is 1. The summed E-state index contributed by atoms with van der Waals surface area (Å²) >= 11 is 2.27. The van der Waals surface area contributed by atoms with Gasteiger partial charge in [-0.05, 0) is 65.0 Å². The van der Waals surface area contributed by atoms with E-state index in [9.17, 15) is 4.79 Å². The van der Waals surface area contributed by atoms with Crippen molar-refractivity contribution in [2.75, 3.05) is 67.7 Å². The highest BCUT2D eigenvalue weighted by molar-refractivity contribution is 14.1. The molecule has 1 aliphatic rings. The van der Waals surface area contributed by atoms with Crippen LogP contribution in [0.25, 0.3) is 0 Å². The van der Waals surface area contributed by atoms with Gasteiger partial charge in [0.2, 0.25) is 0 Å². The highest BCUT2D eigenvalue weighted by atomic mass is 127. The summed E-state index contributed by atoms with van der Waals surface area (Å²) in [5, 5.41) is 8.44. The van der Waals surface area contributed by atoms with E-state index in [0.717, 1.165) is 40.3 Å². The summed E-state index contributed by atoms with van der Waals surface area (Å²) in [6.45, 7) is 18.2. The Labute approximate surface area is 276 Å². The van der Waals surface area contributed by atoms with Gasteiger partial charge in [0.05, 0.1) is 25.1 Å². The lowest BCUT2D eigenvalue weighted by molar-refractivity contribution is 0.0867. The SMILES string of the molecule is C[Si](C)(C)CCOCN(C(=O)c1nnc(N(COCC[Si](C)(C)C)c2cccc(I)c2)o1)c1ccc(N2CCOCC2)nc1. The fourth-order valence-corrected chi connectivity index (χ4v) is 6.29. The molecule has 44 heavy (non-hydrogen) atoms. The van der Waals surface area contributed by atoms with Gasteiger partial charge in [-0.3, -0.25) is 14.6 Å². The lowest BCUT2D eigenvalue weighted by atomic mass is 10.3. The van der Waals surface area contributed by atoms with Crippen molar-refractivity contribution in [2.45, 2.75) is 51.4 Å². The number of aromatic nitrogens is 3. The zero-order chi connectivity index (χ0) is 31.7. The Morgan fingerprint density at radius 1 is 0.932 bits per heavy atom. The highest BCUT2D eigenvalue weighted by Gasteiger charge is 2.27. The van der Waals surface area contributed by atoms with Gasteiger partial charge >= 0.3 is 17.8 Å². The smallest absolute Gasteiger partial charge is 0.325 e. The molecule has 1 aromatic carbocycles. The van der Waals surface area contributed by atoms with Crippen molar-refractivity contribution in [3.63, 3.8) is 0 Å². The minimum atomic E-state index is -1.31. The van der Waals surface area contributed by atoms with Crippen LogP contribution < -0.4 is 14.7 Å². The second-order valence-electron chi connectivity index (χ2n) is 13.2. The average Bonchev–Trinajstić information content (AvgIpc) is 3.46. The molecule has 0 atom stereocenters. The van der Waals surface area contributed by atoms with E-state index in [1.165, 1.54) is 4.90 Å². The fourth-order valence-electron chi connectivity index (χ4n) is 4.25. The minimum Gasteiger partial charge on any atom is -0.398 e. The van der Waals surface area contributed by atoms with E-state index >= 15 is 0 Å². The van der Waals surface area contributed by atoms with Crippen LogP contribution in [-0.2, 0) is 14.2 Å². The maximum absolute atomic E-state index is 13.9. The molecule has 0 spiro atoms. The lowest BCUT2D eigenvalue weighted by Gasteiger charge is -2.28. The van der Waals surface area contributed by atoms with E-state index < -0.39 is 22.1 Å². The molecule has 0 bridgehead atoms. The molecule has 0 unspecified atom stereocenters. The predicted octanol–water partition coefficient (Wildman–Crippen LogP) is 6.32. The number of pyridine rings is 1. The third-order valence-corrected chi connectivity index (χ3v) is 11.1. The molecule has 11 nitrogen and oxygen atoms in total. The van der Waals surface area contributed by atoms with Crippen molar-refractivity contribution in [1.29, 1.82) is 0 Å². The van der Waals surface area contributed by atoms with Gasteiger partial charge in [-0.15, -0.1) is 5.10 Å². The number of carbonyl (C=O) groups is 1. The third kappa shape index (κ3) is 10.6. The topological polar surface area (TPSA) is 106 Å². The Kier molecular flexibility index (Phi) is 12.4. The molecular weight excluding hydrogens is 707 g/mol. The first-order chi connectivity index (χ1) is 20.9. The third-order valence-electron chi connectivity index (χ3n) is 7.01. The quantitative estimate of drug-likeness (QED) is 0.0759. The molecule has 1 amide bonds. The van der Waals surface area contributed by atoms with Crippen molar-refractivity contribution >= 4 is 67.9 Å². The van der Waals surface area contributed by atoms with Gasteiger partial charge < -0.3 is 23.5 Å². The van der Waals surface area contributed by atoms with Crippen LogP contribution >= 0.6 is 22.6 Å². The summed E-state index contributed by atoms with van der Waals surface area (Å²) in [7, 11) is -2.57. The van der Waals surface area contributed by atoms with Crippen LogP contribution in [-0.4, -0.2) is 90.2 Å². The number of benzene rings is 1. The van der Waals surface area contributed by atoms with Gasteiger partial charge in [0.25, 0.3) is 0 Å². The summed E-state index contributed by atoms with van der Waals surface area (Å²) in [5.74, 6) is 0.245. The van der Waals surface area contributed by atoms with Crippen LogP contribution in [0.15, 0.2) is 47.0 Å². The summed E-state index contributed by atoms with van der Waals surface area (Å²) in [4.78, 5) is 24.0. The molecule has 240 valence electrons. The van der Waals surface area contributed by atoms with Crippen LogP contribution in [0.5, 0.6) is 0 Å². The highest BCUT2D eigenvalue weighted by Crippen LogP contribution is 2.27. The van der Waals surface area contributed by atoms with Crippen molar-refractivity contribution in [2.24, 2.45) is 0 Å². The van der Waals surface area contributed by atoms with E-state index in [-0.39, 0.29) is 25.4 Å². The van der Waals surface area contributed by atoms with E-state index in [1.54, 1.807) is 11.1 Å². The number of hydrogen-bond acceptors (Lipinski definition) is 10. The Bertz CT molecular complexity index is 1340. The van der Waals surface area contributed by atoms with Crippen LogP contribution in [0.4, 0.5) is 23.2 Å². The molecule has 14 heteroatoms. The van der Waals surface area contributed by atoms with Gasteiger partial charge in [0.15, 0.2) is 0 Å². The largest absolute Gasteiger partial charge is 0.398 e. The van der Waals surface area contributed by atoms with Crippen molar-refractivity contribution in [1.82, 2.24) is 15.2 Å². The number of hydrogen-bond donors (Lipinski definition) is 0. The van der Waals surface area contributed by atoms with Gasteiger partial charge in [0, 0.05) is 51.7 Å². The number of amides is 1. The number of ether oxygens (including phenoxy) is 3. The first-order valence-electron chi connectivity index (χ1n) is 15.0. The number of halogens is 1. The molecule has 1 aliphatic heterocycles. The maximum Gasteiger partial charge on any atom is 0.325 e. The molecule has 0 N–H and O–H groups in total. The number of anilines is 4. The van der Waals surface area contributed by atoms with E-state index in [0.29, 0.717) is 32.1 Å². The van der Waals surface area contributed by atoms with Crippen LogP contribution in [0.2, 0.25) is 51.4 Å². The summed E-state index contributed by atoms with van der Waals surface area (Å²) in [6.07, 6.45) is 1.69. The Hall–Kier alpha value is -2.38. The number of carbonyl (C=O) groups excluding carboxylic acids is 1. The van der Waals surface area contributed by atoms with Crippen LogP contribution in [0.3, 0.4) is 0 Å². The molecule has 1 saturated heterocycles. The van der Waals surface area contributed by atoms with Gasteiger partial charge in [-0.2, -0.15) is 0 Å². The first-order valence-corrected chi connectivity index (χ1v) is 23.5. The summed E-state index contributed by atoms with van der Waals surface area (Å²) < 4.78 is 24.6. The molecule has 3 aromatic rings. The lowest BCUT2D eigenvalue weighted by Crippen LogP contribution is -2.37. The Balaban J connectivity index is 1.55. The van der Waals surface area contributed by atoms with Gasteiger partial charge in [-0.1, -0.05) is 50.4 Å². The molecule has 3 heterocycles. The maximum atomic E-state index is 13.9.